The van der Waals surface area contributed by atoms with Gasteiger partial charge in [0.05, 0.1) is 25.5 Å². The van der Waals surface area contributed by atoms with Crippen LogP contribution in [0.5, 0.6) is 0 Å². The van der Waals surface area contributed by atoms with Gasteiger partial charge in [-0.15, -0.1) is 0 Å². The third kappa shape index (κ3) is 4.40. The number of nitrogens with one attached hydrogen (secondary N) is 1. The van der Waals surface area contributed by atoms with Gasteiger partial charge in [-0.3, -0.25) is 0 Å². The van der Waals surface area contributed by atoms with Crippen LogP contribution in [0.3, 0.4) is 0 Å². The molecular weight excluding hydrogens is 296 g/mol. The van der Waals surface area contributed by atoms with Gasteiger partial charge in [0.1, 0.15) is 18.2 Å². The molecule has 0 radical (unpaired) electrons. The van der Waals surface area contributed by atoms with Crippen LogP contribution in [0.25, 0.3) is 0 Å². The van der Waals surface area contributed by atoms with Crippen molar-refractivity contribution in [3.63, 3.8) is 0 Å². The standard InChI is InChI=1S/C16H24N4O3/c1-2-15-18-16-6-5-12(9-20(16)19-15)17-8-13(21)10-22-11-14-4-3-7-23-14/h3-4,7,12-13,17,21H,2,5-6,8-11H2,1H3. The molecule has 23 heavy (non-hydrogen) atoms. The van der Waals surface area contributed by atoms with Crippen molar-refractivity contribution in [1.82, 2.24) is 20.1 Å². The molecule has 126 valence electrons. The van der Waals surface area contributed by atoms with E-state index in [0.717, 1.165) is 43.2 Å². The summed E-state index contributed by atoms with van der Waals surface area (Å²) in [5.74, 6) is 2.75. The van der Waals surface area contributed by atoms with Gasteiger partial charge in [0.25, 0.3) is 0 Å². The van der Waals surface area contributed by atoms with E-state index in [1.807, 2.05) is 16.8 Å². The molecule has 0 amide bonds. The Kier molecular flexibility index (Phi) is 5.43. The lowest BCUT2D eigenvalue weighted by Crippen LogP contribution is -2.42. The molecule has 0 aromatic carbocycles. The van der Waals surface area contributed by atoms with Crippen molar-refractivity contribution in [3.05, 3.63) is 35.8 Å². The molecule has 0 bridgehead atoms. The second-order valence-electron chi connectivity index (χ2n) is 5.87. The van der Waals surface area contributed by atoms with Crippen LogP contribution < -0.4 is 5.32 Å². The molecule has 0 aliphatic carbocycles. The smallest absolute Gasteiger partial charge is 0.150 e. The number of hydrogen-bond donors (Lipinski definition) is 2. The fraction of sp³-hybridized carbons (Fsp3) is 0.625. The van der Waals surface area contributed by atoms with Gasteiger partial charge in [-0.1, -0.05) is 6.92 Å². The first-order valence-corrected chi connectivity index (χ1v) is 8.18. The molecule has 0 saturated carbocycles. The van der Waals surface area contributed by atoms with Gasteiger partial charge < -0.3 is 19.6 Å². The zero-order valence-electron chi connectivity index (χ0n) is 13.4. The Balaban J connectivity index is 1.37. The van der Waals surface area contributed by atoms with E-state index >= 15 is 0 Å². The molecule has 7 nitrogen and oxygen atoms in total. The number of ether oxygens (including phenoxy) is 1. The third-order valence-electron chi connectivity index (χ3n) is 3.99. The molecule has 1 aliphatic heterocycles. The molecule has 2 atom stereocenters. The fourth-order valence-corrected chi connectivity index (χ4v) is 2.73. The van der Waals surface area contributed by atoms with E-state index in [1.54, 1.807) is 6.26 Å². The quantitative estimate of drug-likeness (QED) is 0.752. The molecule has 0 fully saturated rings. The monoisotopic (exact) mass is 320 g/mol. The minimum absolute atomic E-state index is 0.287. The van der Waals surface area contributed by atoms with Crippen molar-refractivity contribution in [2.45, 2.75) is 51.5 Å². The van der Waals surface area contributed by atoms with Crippen molar-refractivity contribution >= 4 is 0 Å². The van der Waals surface area contributed by atoms with Crippen LogP contribution in [0.4, 0.5) is 0 Å². The first-order valence-electron chi connectivity index (χ1n) is 8.18. The van der Waals surface area contributed by atoms with Gasteiger partial charge in [0.2, 0.25) is 0 Å². The number of aromatic nitrogens is 3. The van der Waals surface area contributed by atoms with Crippen LogP contribution in [0.2, 0.25) is 0 Å². The van der Waals surface area contributed by atoms with Crippen LogP contribution in [-0.4, -0.2) is 45.2 Å². The van der Waals surface area contributed by atoms with Gasteiger partial charge in [-0.25, -0.2) is 9.67 Å². The Hall–Kier alpha value is -1.70. The van der Waals surface area contributed by atoms with Crippen molar-refractivity contribution in [1.29, 1.82) is 0 Å². The summed E-state index contributed by atoms with van der Waals surface area (Å²) in [5.41, 5.74) is 0. The third-order valence-corrected chi connectivity index (χ3v) is 3.99. The maximum Gasteiger partial charge on any atom is 0.150 e. The van der Waals surface area contributed by atoms with E-state index in [-0.39, 0.29) is 6.61 Å². The maximum absolute atomic E-state index is 9.99. The molecule has 2 N–H and O–H groups in total. The highest BCUT2D eigenvalue weighted by Gasteiger charge is 2.21. The highest BCUT2D eigenvalue weighted by atomic mass is 16.5. The zero-order chi connectivity index (χ0) is 16.1. The summed E-state index contributed by atoms with van der Waals surface area (Å²) in [6.07, 6.45) is 3.89. The van der Waals surface area contributed by atoms with E-state index < -0.39 is 6.10 Å². The van der Waals surface area contributed by atoms with E-state index in [4.69, 9.17) is 9.15 Å². The molecule has 0 spiro atoms. The average molecular weight is 320 g/mol. The molecule has 7 heteroatoms. The minimum atomic E-state index is -0.534. The van der Waals surface area contributed by atoms with Crippen molar-refractivity contribution in [3.8, 4) is 0 Å². The van der Waals surface area contributed by atoms with Gasteiger partial charge in [-0.2, -0.15) is 5.10 Å². The SMILES string of the molecule is CCc1nc2n(n1)CC(NCC(O)COCc1ccco1)CC2. The number of hydrogen-bond acceptors (Lipinski definition) is 6. The van der Waals surface area contributed by atoms with Crippen LogP contribution in [0.15, 0.2) is 22.8 Å². The highest BCUT2D eigenvalue weighted by Crippen LogP contribution is 2.13. The number of aryl methyl sites for hydroxylation is 2. The second kappa shape index (κ2) is 7.72. The van der Waals surface area contributed by atoms with Crippen LogP contribution in [0.1, 0.15) is 30.8 Å². The molecule has 0 saturated heterocycles. The predicted molar refractivity (Wildman–Crippen MR) is 83.9 cm³/mol. The lowest BCUT2D eigenvalue weighted by atomic mass is 10.1. The molecule has 3 rings (SSSR count). The summed E-state index contributed by atoms with van der Waals surface area (Å²) in [6.45, 7) is 4.05. The second-order valence-corrected chi connectivity index (χ2v) is 5.87. The number of rotatable bonds is 8. The Morgan fingerprint density at radius 3 is 3.26 bits per heavy atom. The Morgan fingerprint density at radius 1 is 1.57 bits per heavy atom. The molecule has 2 aromatic heterocycles. The maximum atomic E-state index is 9.99. The van der Waals surface area contributed by atoms with E-state index in [9.17, 15) is 5.11 Å². The van der Waals surface area contributed by atoms with Crippen LogP contribution in [-0.2, 0) is 30.7 Å². The Morgan fingerprint density at radius 2 is 2.48 bits per heavy atom. The highest BCUT2D eigenvalue weighted by molar-refractivity contribution is 4.98. The fourth-order valence-electron chi connectivity index (χ4n) is 2.73. The molecular formula is C16H24N4O3. The Bertz CT molecular complexity index is 596. The van der Waals surface area contributed by atoms with Crippen LogP contribution >= 0.6 is 0 Å². The van der Waals surface area contributed by atoms with E-state index in [1.165, 1.54) is 0 Å². The number of furan rings is 1. The summed E-state index contributed by atoms with van der Waals surface area (Å²) in [6, 6.07) is 3.99. The van der Waals surface area contributed by atoms with E-state index in [2.05, 4.69) is 22.3 Å². The largest absolute Gasteiger partial charge is 0.467 e. The van der Waals surface area contributed by atoms with Crippen molar-refractivity contribution < 1.29 is 14.3 Å². The minimum Gasteiger partial charge on any atom is -0.467 e. The summed E-state index contributed by atoms with van der Waals surface area (Å²) >= 11 is 0. The first kappa shape index (κ1) is 16.2. The van der Waals surface area contributed by atoms with Gasteiger partial charge in [-0.05, 0) is 18.6 Å². The topological polar surface area (TPSA) is 85.3 Å². The number of aliphatic hydroxyl groups is 1. The summed E-state index contributed by atoms with van der Waals surface area (Å²) in [5, 5.41) is 17.9. The van der Waals surface area contributed by atoms with Gasteiger partial charge in [0.15, 0.2) is 5.82 Å². The first-order chi connectivity index (χ1) is 11.2. The number of aliphatic hydroxyl groups excluding tert-OH is 1. The lowest BCUT2D eigenvalue weighted by Gasteiger charge is -2.24. The predicted octanol–water partition coefficient (Wildman–Crippen LogP) is 0.916. The average Bonchev–Trinajstić information content (AvgIpc) is 3.21. The summed E-state index contributed by atoms with van der Waals surface area (Å²) < 4.78 is 12.6. The number of fused-ring (bicyclic) bond motifs is 1. The Labute approximate surface area is 135 Å². The zero-order valence-corrected chi connectivity index (χ0v) is 13.4. The molecule has 1 aliphatic rings. The lowest BCUT2D eigenvalue weighted by molar-refractivity contribution is 0.0209. The molecule has 2 aromatic rings. The number of nitrogens with zero attached hydrogens (tertiary/aromatic N) is 3. The molecule has 2 unspecified atom stereocenters. The van der Waals surface area contributed by atoms with Crippen molar-refractivity contribution in [2.75, 3.05) is 13.2 Å². The van der Waals surface area contributed by atoms with Crippen LogP contribution in [0, 0.1) is 0 Å². The van der Waals surface area contributed by atoms with E-state index in [0.29, 0.717) is 19.2 Å². The molecule has 3 heterocycles. The van der Waals surface area contributed by atoms with Crippen molar-refractivity contribution in [2.24, 2.45) is 0 Å². The van der Waals surface area contributed by atoms with Gasteiger partial charge in [0, 0.05) is 25.4 Å². The summed E-state index contributed by atoms with van der Waals surface area (Å²) in [4.78, 5) is 4.51. The summed E-state index contributed by atoms with van der Waals surface area (Å²) in [7, 11) is 0. The van der Waals surface area contributed by atoms with Gasteiger partial charge >= 0.3 is 0 Å². The normalized spacial score (nSPS) is 18.8.